The second-order valence-electron chi connectivity index (χ2n) is 5.40. The van der Waals surface area contributed by atoms with Gasteiger partial charge in [-0.2, -0.15) is 0 Å². The maximum Gasteiger partial charge on any atom is 0.335 e. The molecule has 0 fully saturated rings. The molecule has 1 aromatic carbocycles. The number of aromatic carboxylic acids is 1. The third-order valence-electron chi connectivity index (χ3n) is 2.85. The largest absolute Gasteiger partial charge is 0.478 e. The molecule has 6 heteroatoms. The fourth-order valence-electron chi connectivity index (χ4n) is 2.14. The fraction of sp³-hybridized carbons (Fsp3) is 0.357. The minimum absolute atomic E-state index is 0.187. The van der Waals surface area contributed by atoms with Crippen LogP contribution in [0.25, 0.3) is 10.9 Å². The highest BCUT2D eigenvalue weighted by molar-refractivity contribution is 5.96. The third-order valence-corrected chi connectivity index (χ3v) is 2.85. The molecule has 1 aromatic heterocycles. The van der Waals surface area contributed by atoms with Crippen molar-refractivity contribution in [1.82, 2.24) is 9.97 Å². The van der Waals surface area contributed by atoms with E-state index in [1.165, 1.54) is 18.5 Å². The Morgan fingerprint density at radius 1 is 1.35 bits per heavy atom. The minimum atomic E-state index is -0.989. The highest BCUT2D eigenvalue weighted by Gasteiger charge is 2.18. The predicted molar refractivity (Wildman–Crippen MR) is 76.1 cm³/mol. The highest BCUT2D eigenvalue weighted by Crippen LogP contribution is 2.24. The van der Waals surface area contributed by atoms with Crippen molar-refractivity contribution in [1.29, 1.82) is 0 Å². The molecular formula is C14H17N3O3. The van der Waals surface area contributed by atoms with Crippen molar-refractivity contribution in [3.63, 3.8) is 0 Å². The highest BCUT2D eigenvalue weighted by atomic mass is 16.4. The molecule has 2 aromatic rings. The van der Waals surface area contributed by atoms with Crippen molar-refractivity contribution in [3.05, 3.63) is 30.1 Å². The lowest BCUT2D eigenvalue weighted by atomic mass is 10.1. The Kier molecular flexibility index (Phi) is 3.59. The number of aromatic nitrogens is 2. The molecule has 0 unspecified atom stereocenters. The Morgan fingerprint density at radius 2 is 2.05 bits per heavy atom. The average molecular weight is 275 g/mol. The van der Waals surface area contributed by atoms with Crippen LogP contribution in [0, 0.1) is 0 Å². The van der Waals surface area contributed by atoms with Gasteiger partial charge in [0.15, 0.2) is 0 Å². The average Bonchev–Trinajstić information content (AvgIpc) is 2.35. The van der Waals surface area contributed by atoms with Crippen molar-refractivity contribution in [3.8, 4) is 0 Å². The smallest absolute Gasteiger partial charge is 0.335 e. The Labute approximate surface area is 116 Å². The van der Waals surface area contributed by atoms with E-state index in [2.05, 4.69) is 9.97 Å². The van der Waals surface area contributed by atoms with Gasteiger partial charge in [0.25, 0.3) is 0 Å². The van der Waals surface area contributed by atoms with Crippen molar-refractivity contribution in [2.24, 2.45) is 0 Å². The molecule has 1 heterocycles. The Balaban J connectivity index is 2.47. The summed E-state index contributed by atoms with van der Waals surface area (Å²) in [5, 5.41) is 19.6. The topological polar surface area (TPSA) is 86.5 Å². The lowest BCUT2D eigenvalue weighted by Gasteiger charge is -2.27. The molecule has 0 saturated heterocycles. The van der Waals surface area contributed by atoms with Gasteiger partial charge in [0.2, 0.25) is 0 Å². The number of hydrogen-bond donors (Lipinski definition) is 2. The molecular weight excluding hydrogens is 258 g/mol. The number of benzene rings is 1. The molecule has 20 heavy (non-hydrogen) atoms. The van der Waals surface area contributed by atoms with Crippen molar-refractivity contribution in [2.45, 2.75) is 19.4 Å². The van der Waals surface area contributed by atoms with Crippen LogP contribution in [0.3, 0.4) is 0 Å². The lowest BCUT2D eigenvalue weighted by Crippen LogP contribution is -2.36. The fourth-order valence-corrected chi connectivity index (χ4v) is 2.14. The van der Waals surface area contributed by atoms with Gasteiger partial charge in [-0.15, -0.1) is 0 Å². The molecule has 106 valence electrons. The number of carbonyl (C=O) groups is 1. The monoisotopic (exact) mass is 275 g/mol. The molecule has 0 radical (unpaired) electrons. The van der Waals surface area contributed by atoms with Crippen molar-refractivity contribution < 1.29 is 15.0 Å². The van der Waals surface area contributed by atoms with Gasteiger partial charge in [0.1, 0.15) is 12.1 Å². The van der Waals surface area contributed by atoms with E-state index in [1.54, 1.807) is 19.9 Å². The number of rotatable bonds is 4. The van der Waals surface area contributed by atoms with E-state index in [4.69, 9.17) is 5.11 Å². The van der Waals surface area contributed by atoms with Gasteiger partial charge >= 0.3 is 5.97 Å². The Morgan fingerprint density at radius 3 is 2.65 bits per heavy atom. The number of nitrogens with zero attached hydrogens (tertiary/aromatic N) is 3. The van der Waals surface area contributed by atoms with E-state index < -0.39 is 11.6 Å². The van der Waals surface area contributed by atoms with Gasteiger partial charge in [-0.05, 0) is 32.0 Å². The number of aliphatic hydroxyl groups is 1. The van der Waals surface area contributed by atoms with Gasteiger partial charge in [-0.25, -0.2) is 14.8 Å². The summed E-state index contributed by atoms with van der Waals surface area (Å²) >= 11 is 0. The molecule has 0 aliphatic carbocycles. The Bertz CT molecular complexity index is 650. The number of carboxylic acid groups (broad SMARTS) is 1. The van der Waals surface area contributed by atoms with Gasteiger partial charge < -0.3 is 15.1 Å². The number of anilines is 1. The maximum atomic E-state index is 11.0. The summed E-state index contributed by atoms with van der Waals surface area (Å²) in [6.07, 6.45) is 1.39. The molecule has 0 atom stereocenters. The summed E-state index contributed by atoms with van der Waals surface area (Å²) < 4.78 is 0. The van der Waals surface area contributed by atoms with Crippen LogP contribution in [0.5, 0.6) is 0 Å². The SMILES string of the molecule is CN(CC(C)(C)O)c1ncnc2cc(C(=O)O)ccc12. The number of fused-ring (bicyclic) bond motifs is 1. The van der Waals surface area contributed by atoms with Crippen LogP contribution in [0.15, 0.2) is 24.5 Å². The van der Waals surface area contributed by atoms with E-state index in [1.807, 2.05) is 11.9 Å². The van der Waals surface area contributed by atoms with Crippen LogP contribution in [-0.2, 0) is 0 Å². The first-order valence-electron chi connectivity index (χ1n) is 6.19. The van der Waals surface area contributed by atoms with Crippen LogP contribution in [0.2, 0.25) is 0 Å². The molecule has 0 aliphatic heterocycles. The quantitative estimate of drug-likeness (QED) is 0.880. The molecule has 0 amide bonds. The summed E-state index contributed by atoms with van der Waals surface area (Å²) in [7, 11) is 1.82. The Hall–Kier alpha value is -2.21. The number of carboxylic acids is 1. The van der Waals surface area contributed by atoms with E-state index in [0.717, 1.165) is 5.39 Å². The zero-order valence-electron chi connectivity index (χ0n) is 11.7. The minimum Gasteiger partial charge on any atom is -0.478 e. The second kappa shape index (κ2) is 5.05. The van der Waals surface area contributed by atoms with Gasteiger partial charge in [-0.1, -0.05) is 0 Å². The van der Waals surface area contributed by atoms with Crippen LogP contribution in [-0.4, -0.2) is 45.3 Å². The summed E-state index contributed by atoms with van der Waals surface area (Å²) in [5.74, 6) is -0.328. The summed E-state index contributed by atoms with van der Waals surface area (Å²) in [5.41, 5.74) is -0.0997. The van der Waals surface area contributed by atoms with E-state index in [0.29, 0.717) is 17.9 Å². The normalized spacial score (nSPS) is 11.6. The first-order valence-corrected chi connectivity index (χ1v) is 6.19. The molecule has 0 aliphatic rings. The van der Waals surface area contributed by atoms with Crippen LogP contribution < -0.4 is 4.90 Å². The summed E-state index contributed by atoms with van der Waals surface area (Å²) in [6, 6.07) is 4.73. The van der Waals surface area contributed by atoms with Gasteiger partial charge in [0, 0.05) is 19.0 Å². The molecule has 0 saturated carbocycles. The molecule has 0 spiro atoms. The predicted octanol–water partition coefficient (Wildman–Crippen LogP) is 1.54. The molecule has 2 N–H and O–H groups in total. The van der Waals surface area contributed by atoms with Crippen LogP contribution >= 0.6 is 0 Å². The molecule has 6 nitrogen and oxygen atoms in total. The third kappa shape index (κ3) is 3.03. The van der Waals surface area contributed by atoms with E-state index in [-0.39, 0.29) is 5.56 Å². The maximum absolute atomic E-state index is 11.0. The van der Waals surface area contributed by atoms with Gasteiger partial charge in [-0.3, -0.25) is 0 Å². The molecule has 2 rings (SSSR count). The number of hydrogen-bond acceptors (Lipinski definition) is 5. The van der Waals surface area contributed by atoms with E-state index in [9.17, 15) is 9.90 Å². The standard InChI is InChI=1S/C14H17N3O3/c1-14(2,20)7-17(3)12-10-5-4-9(13(18)19)6-11(10)15-8-16-12/h4-6,8,20H,7H2,1-3H3,(H,18,19). The summed E-state index contributed by atoms with van der Waals surface area (Å²) in [4.78, 5) is 21.1. The van der Waals surface area contributed by atoms with Gasteiger partial charge in [0.05, 0.1) is 16.7 Å². The number of likely N-dealkylation sites (N-methyl/N-ethyl adjacent to an activating group) is 1. The van der Waals surface area contributed by atoms with Crippen LogP contribution in [0.1, 0.15) is 24.2 Å². The first kappa shape index (κ1) is 14.2. The zero-order chi connectivity index (χ0) is 14.9. The first-order chi connectivity index (χ1) is 9.28. The van der Waals surface area contributed by atoms with E-state index >= 15 is 0 Å². The van der Waals surface area contributed by atoms with Crippen molar-refractivity contribution in [2.75, 3.05) is 18.5 Å². The lowest BCUT2D eigenvalue weighted by molar-refractivity contribution is 0.0696. The van der Waals surface area contributed by atoms with Crippen molar-refractivity contribution >= 4 is 22.7 Å². The molecule has 0 bridgehead atoms. The second-order valence-corrected chi connectivity index (χ2v) is 5.40. The zero-order valence-corrected chi connectivity index (χ0v) is 11.7. The van der Waals surface area contributed by atoms with Crippen LogP contribution in [0.4, 0.5) is 5.82 Å². The summed E-state index contributed by atoms with van der Waals surface area (Å²) in [6.45, 7) is 3.84.